The molecule has 1 fully saturated rings. The van der Waals surface area contributed by atoms with Gasteiger partial charge in [-0.05, 0) is 12.1 Å². The fraction of sp³-hybridized carbons (Fsp3) is 0.429. The van der Waals surface area contributed by atoms with E-state index in [0.29, 0.717) is 24.8 Å². The number of nitrogens with one attached hydrogen (secondary N) is 1. The highest BCUT2D eigenvalue weighted by Gasteiger charge is 2.27. The molecule has 0 aromatic heterocycles. The van der Waals surface area contributed by atoms with Crippen molar-refractivity contribution in [2.45, 2.75) is 32.8 Å². The maximum atomic E-state index is 11.4. The highest BCUT2D eigenvalue weighted by Crippen LogP contribution is 2.15. The van der Waals surface area contributed by atoms with Crippen molar-refractivity contribution < 1.29 is 26.6 Å². The van der Waals surface area contributed by atoms with Crippen LogP contribution in [0.1, 0.15) is 26.7 Å². The first-order valence-corrected chi connectivity index (χ1v) is 8.50. The third kappa shape index (κ3) is 9.87. The van der Waals surface area contributed by atoms with Crippen LogP contribution in [0.5, 0.6) is 5.75 Å². The van der Waals surface area contributed by atoms with E-state index in [2.05, 4.69) is 5.32 Å². The molecule has 1 unspecified atom stereocenters. The number of carbonyl (C=O) groups is 2. The molecule has 0 saturated carbocycles. The lowest BCUT2D eigenvalue weighted by atomic mass is 10.1. The summed E-state index contributed by atoms with van der Waals surface area (Å²) < 4.78 is 34.0. The standard InChI is InChI=1S/C11H11NO3.C2H6.CH3FO2S/c13-10-7-6-9(11(14)12-10)15-8-4-2-1-3-5-8;1-2;1-5(2,3)4/h1-5,9H,6-7H2,(H,12,13,14);1-2H3;1H3. The molecule has 0 radical (unpaired) electrons. The van der Waals surface area contributed by atoms with Crippen LogP contribution < -0.4 is 10.1 Å². The number of ether oxygens (including phenoxy) is 1. The third-order valence-corrected chi connectivity index (χ3v) is 2.21. The van der Waals surface area contributed by atoms with E-state index in [1.54, 1.807) is 12.1 Å². The molecule has 8 heteroatoms. The molecule has 2 amide bonds. The first-order chi connectivity index (χ1) is 10.3. The van der Waals surface area contributed by atoms with E-state index < -0.39 is 16.3 Å². The van der Waals surface area contributed by atoms with Crippen molar-refractivity contribution >= 4 is 22.0 Å². The van der Waals surface area contributed by atoms with Gasteiger partial charge < -0.3 is 4.74 Å². The predicted octanol–water partition coefficient (Wildman–Crippen LogP) is 1.81. The molecule has 1 atom stereocenters. The van der Waals surface area contributed by atoms with Crippen LogP contribution in [0.4, 0.5) is 3.89 Å². The second-order valence-electron chi connectivity index (χ2n) is 4.05. The monoisotopic (exact) mass is 333 g/mol. The molecule has 0 bridgehead atoms. The quantitative estimate of drug-likeness (QED) is 0.658. The summed E-state index contributed by atoms with van der Waals surface area (Å²) in [5.41, 5.74) is 0. The van der Waals surface area contributed by atoms with Gasteiger partial charge in [0.05, 0.1) is 6.26 Å². The minimum atomic E-state index is -4.17. The number of hydrogen-bond donors (Lipinski definition) is 1. The highest BCUT2D eigenvalue weighted by molar-refractivity contribution is 7.85. The normalized spacial score (nSPS) is 17.2. The fourth-order valence-electron chi connectivity index (χ4n) is 1.45. The number of para-hydroxylation sites is 1. The van der Waals surface area contributed by atoms with Crippen LogP contribution in [-0.2, 0) is 19.8 Å². The molecule has 1 aromatic rings. The molecule has 1 heterocycles. The predicted molar refractivity (Wildman–Crippen MR) is 80.5 cm³/mol. The molecule has 0 aliphatic carbocycles. The van der Waals surface area contributed by atoms with E-state index in [1.807, 2.05) is 32.0 Å². The maximum Gasteiger partial charge on any atom is 0.299 e. The molecule has 22 heavy (non-hydrogen) atoms. The van der Waals surface area contributed by atoms with E-state index in [1.165, 1.54) is 0 Å². The lowest BCUT2D eigenvalue weighted by Crippen LogP contribution is -2.46. The van der Waals surface area contributed by atoms with Crippen molar-refractivity contribution in [3.8, 4) is 5.75 Å². The smallest absolute Gasteiger partial charge is 0.299 e. The minimum Gasteiger partial charge on any atom is -0.481 e. The van der Waals surface area contributed by atoms with Crippen LogP contribution in [0.25, 0.3) is 0 Å². The van der Waals surface area contributed by atoms with Gasteiger partial charge in [0.1, 0.15) is 5.75 Å². The third-order valence-electron chi connectivity index (χ3n) is 2.21. The number of piperidine rings is 1. The van der Waals surface area contributed by atoms with Crippen LogP contribution in [0, 0.1) is 0 Å². The van der Waals surface area contributed by atoms with E-state index in [4.69, 9.17) is 13.2 Å². The van der Waals surface area contributed by atoms with Crippen molar-refractivity contribution in [3.05, 3.63) is 30.3 Å². The Kier molecular flexibility index (Phi) is 9.00. The van der Waals surface area contributed by atoms with Gasteiger partial charge in [0.15, 0.2) is 6.10 Å². The van der Waals surface area contributed by atoms with Crippen molar-refractivity contribution in [2.24, 2.45) is 0 Å². The molecule has 1 saturated heterocycles. The Morgan fingerprint density at radius 3 is 2.14 bits per heavy atom. The van der Waals surface area contributed by atoms with Crippen LogP contribution in [-0.4, -0.2) is 32.6 Å². The second kappa shape index (κ2) is 9.88. The van der Waals surface area contributed by atoms with Crippen molar-refractivity contribution in [3.63, 3.8) is 0 Å². The Morgan fingerprint density at radius 2 is 1.68 bits per heavy atom. The first kappa shape index (κ1) is 20.0. The summed E-state index contributed by atoms with van der Waals surface area (Å²) in [6, 6.07) is 9.10. The van der Waals surface area contributed by atoms with Gasteiger partial charge in [-0.15, -0.1) is 3.89 Å². The van der Waals surface area contributed by atoms with Crippen LogP contribution in [0.15, 0.2) is 30.3 Å². The van der Waals surface area contributed by atoms with E-state index in [-0.39, 0.29) is 11.8 Å². The molecule has 1 aliphatic heterocycles. The molecular weight excluding hydrogens is 313 g/mol. The lowest BCUT2D eigenvalue weighted by Gasteiger charge is -2.21. The van der Waals surface area contributed by atoms with Gasteiger partial charge in [0.25, 0.3) is 16.1 Å². The molecule has 0 spiro atoms. The number of imide groups is 1. The summed E-state index contributed by atoms with van der Waals surface area (Å²) in [5, 5.41) is 2.25. The SMILES string of the molecule is CC.CS(=O)(=O)F.O=C1CCC(Oc2ccccc2)C(=O)N1. The summed E-state index contributed by atoms with van der Waals surface area (Å²) in [6.45, 7) is 4.00. The summed E-state index contributed by atoms with van der Waals surface area (Å²) in [5.74, 6) is 0.0648. The summed E-state index contributed by atoms with van der Waals surface area (Å²) >= 11 is 0. The van der Waals surface area contributed by atoms with E-state index in [0.717, 1.165) is 0 Å². The topological polar surface area (TPSA) is 89.5 Å². The molecule has 1 N–H and O–H groups in total. The molecule has 6 nitrogen and oxygen atoms in total. The minimum absolute atomic E-state index is 0.229. The van der Waals surface area contributed by atoms with Gasteiger partial charge in [0.2, 0.25) is 5.91 Å². The summed E-state index contributed by atoms with van der Waals surface area (Å²) in [6.07, 6.45) is 0.723. The number of rotatable bonds is 2. The number of carbonyl (C=O) groups excluding carboxylic acids is 2. The highest BCUT2D eigenvalue weighted by atomic mass is 32.3. The Bertz CT molecular complexity index is 566. The van der Waals surface area contributed by atoms with Gasteiger partial charge in [-0.25, -0.2) is 0 Å². The van der Waals surface area contributed by atoms with Gasteiger partial charge >= 0.3 is 0 Å². The second-order valence-corrected chi connectivity index (χ2v) is 5.42. The Morgan fingerprint density at radius 1 is 1.18 bits per heavy atom. The molecule has 1 aliphatic rings. The van der Waals surface area contributed by atoms with Crippen LogP contribution in [0.2, 0.25) is 0 Å². The zero-order valence-electron chi connectivity index (χ0n) is 12.7. The van der Waals surface area contributed by atoms with Crippen LogP contribution in [0.3, 0.4) is 0 Å². The fourth-order valence-corrected chi connectivity index (χ4v) is 1.45. The van der Waals surface area contributed by atoms with Crippen molar-refractivity contribution in [1.82, 2.24) is 5.32 Å². The summed E-state index contributed by atoms with van der Waals surface area (Å²) in [7, 11) is -4.17. The lowest BCUT2D eigenvalue weighted by molar-refractivity contribution is -0.138. The first-order valence-electron chi connectivity index (χ1n) is 6.71. The molecule has 124 valence electrons. The van der Waals surface area contributed by atoms with Gasteiger partial charge in [-0.3, -0.25) is 14.9 Å². The number of halogens is 1. The number of benzene rings is 1. The van der Waals surface area contributed by atoms with Crippen LogP contribution >= 0.6 is 0 Å². The van der Waals surface area contributed by atoms with E-state index >= 15 is 0 Å². The maximum absolute atomic E-state index is 11.4. The molecular formula is C14H20FNO5S. The van der Waals surface area contributed by atoms with E-state index in [9.17, 15) is 13.5 Å². The Balaban J connectivity index is 0.000000540. The van der Waals surface area contributed by atoms with Crippen molar-refractivity contribution in [2.75, 3.05) is 6.26 Å². The van der Waals surface area contributed by atoms with Gasteiger partial charge in [0, 0.05) is 12.8 Å². The molecule has 1 aromatic carbocycles. The zero-order valence-corrected chi connectivity index (χ0v) is 13.5. The number of amides is 2. The average Bonchev–Trinajstić information content (AvgIpc) is 2.44. The van der Waals surface area contributed by atoms with Gasteiger partial charge in [-0.1, -0.05) is 32.0 Å². The summed E-state index contributed by atoms with van der Waals surface area (Å²) in [4.78, 5) is 22.2. The Hall–Kier alpha value is -1.96. The average molecular weight is 333 g/mol. The molecule has 2 rings (SSSR count). The largest absolute Gasteiger partial charge is 0.481 e. The van der Waals surface area contributed by atoms with Crippen molar-refractivity contribution in [1.29, 1.82) is 0 Å². The number of hydrogen-bond acceptors (Lipinski definition) is 5. The van der Waals surface area contributed by atoms with Gasteiger partial charge in [-0.2, -0.15) is 8.42 Å². The zero-order chi connectivity index (χ0) is 17.2. The Labute approximate surface area is 129 Å².